The molecule has 0 radical (unpaired) electrons. The number of aryl methyl sites for hydroxylation is 1. The highest BCUT2D eigenvalue weighted by Gasteiger charge is 2.30. The minimum Gasteiger partial charge on any atom is -0.366 e. The summed E-state index contributed by atoms with van der Waals surface area (Å²) in [6.07, 6.45) is 3.10. The van der Waals surface area contributed by atoms with E-state index in [2.05, 4.69) is 36.1 Å². The molecule has 5 nitrogen and oxygen atoms in total. The van der Waals surface area contributed by atoms with E-state index in [0.29, 0.717) is 5.56 Å². The van der Waals surface area contributed by atoms with Crippen molar-refractivity contribution in [3.05, 3.63) is 76.5 Å². The van der Waals surface area contributed by atoms with Gasteiger partial charge in [0.15, 0.2) is 0 Å². The summed E-state index contributed by atoms with van der Waals surface area (Å²) in [7, 11) is 0. The van der Waals surface area contributed by atoms with E-state index >= 15 is 0 Å². The van der Waals surface area contributed by atoms with Gasteiger partial charge in [0, 0.05) is 28.9 Å². The van der Waals surface area contributed by atoms with Gasteiger partial charge in [-0.15, -0.1) is 0 Å². The summed E-state index contributed by atoms with van der Waals surface area (Å²) < 4.78 is 0. The van der Waals surface area contributed by atoms with Crippen molar-refractivity contribution in [1.29, 1.82) is 0 Å². The van der Waals surface area contributed by atoms with Gasteiger partial charge in [-0.05, 0) is 49.4 Å². The molecule has 1 aromatic heterocycles. The van der Waals surface area contributed by atoms with Crippen molar-refractivity contribution in [2.45, 2.75) is 38.8 Å². The second-order valence-electron chi connectivity index (χ2n) is 7.60. The predicted octanol–water partition coefficient (Wildman–Crippen LogP) is 3.81. The van der Waals surface area contributed by atoms with Crippen molar-refractivity contribution in [2.75, 3.05) is 4.90 Å². The number of hydrogen-bond acceptors (Lipinski definition) is 4. The number of carbonyl (C=O) groups excluding carboxylic acids is 1. The van der Waals surface area contributed by atoms with Gasteiger partial charge in [0.2, 0.25) is 11.9 Å². The molecule has 2 aromatic carbocycles. The minimum atomic E-state index is -0.413. The van der Waals surface area contributed by atoms with Gasteiger partial charge >= 0.3 is 0 Å². The van der Waals surface area contributed by atoms with Gasteiger partial charge in [0.05, 0.1) is 11.7 Å². The number of primary amides is 1. The van der Waals surface area contributed by atoms with Crippen LogP contribution in [0.25, 0.3) is 11.3 Å². The number of rotatable bonds is 3. The van der Waals surface area contributed by atoms with Crippen LogP contribution in [-0.4, -0.2) is 15.9 Å². The van der Waals surface area contributed by atoms with E-state index in [1.54, 1.807) is 12.1 Å². The van der Waals surface area contributed by atoms with Gasteiger partial charge in [0.25, 0.3) is 0 Å². The zero-order valence-corrected chi connectivity index (χ0v) is 15.9. The first-order valence-corrected chi connectivity index (χ1v) is 9.76. The molecule has 0 saturated heterocycles. The monoisotopic (exact) mass is 370 g/mol. The first kappa shape index (κ1) is 16.9. The molecular weight excluding hydrogens is 348 g/mol. The van der Waals surface area contributed by atoms with Crippen molar-refractivity contribution in [3.8, 4) is 11.3 Å². The van der Waals surface area contributed by atoms with Crippen molar-refractivity contribution >= 4 is 11.9 Å². The van der Waals surface area contributed by atoms with Crippen LogP contribution < -0.4 is 10.6 Å². The van der Waals surface area contributed by atoms with Crippen LogP contribution >= 0.6 is 0 Å². The molecular formula is C23H22N4O. The normalized spacial score (nSPS) is 17.5. The van der Waals surface area contributed by atoms with E-state index in [-0.39, 0.29) is 6.04 Å². The third-order valence-corrected chi connectivity index (χ3v) is 5.93. The number of nitrogens with two attached hydrogens (primary N) is 1. The van der Waals surface area contributed by atoms with Gasteiger partial charge in [-0.25, -0.2) is 9.97 Å². The highest BCUT2D eigenvalue weighted by molar-refractivity contribution is 5.93. The third kappa shape index (κ3) is 2.66. The molecule has 1 atom stereocenters. The Morgan fingerprint density at radius 2 is 1.86 bits per heavy atom. The van der Waals surface area contributed by atoms with Crippen molar-refractivity contribution in [1.82, 2.24) is 9.97 Å². The fraction of sp³-hybridized carbons (Fsp3) is 0.261. The molecule has 1 aliphatic carbocycles. The Kier molecular flexibility index (Phi) is 3.90. The number of carbonyl (C=O) groups is 1. The number of fused-ring (bicyclic) bond motifs is 2. The summed E-state index contributed by atoms with van der Waals surface area (Å²) in [6, 6.07) is 16.2. The lowest BCUT2D eigenvalue weighted by atomic mass is 10.0. The molecule has 0 spiro atoms. The predicted molar refractivity (Wildman–Crippen MR) is 109 cm³/mol. The number of hydrogen-bond donors (Lipinski definition) is 1. The van der Waals surface area contributed by atoms with Crippen LogP contribution in [0.2, 0.25) is 0 Å². The molecule has 5 heteroatoms. The maximum atomic E-state index is 11.4. The SMILES string of the molecule is C[C@H]1c2ccccc2CN1c1nc2c(c(-c3ccc(C(N)=O)cc3)n1)CCC2. The quantitative estimate of drug-likeness (QED) is 0.761. The molecule has 5 rings (SSSR count). The standard InChI is InChI=1S/C23H22N4O/c1-14-18-6-3-2-5-17(18)13-27(14)23-25-20-8-4-7-19(20)21(26-23)15-9-11-16(12-10-15)22(24)28/h2-3,5-6,9-12,14H,4,7-8,13H2,1H3,(H2,24,28)/t14-/m0/s1. The van der Waals surface area contributed by atoms with Gasteiger partial charge in [-0.1, -0.05) is 36.4 Å². The molecule has 1 amide bonds. The van der Waals surface area contributed by atoms with Crippen LogP contribution in [0.3, 0.4) is 0 Å². The smallest absolute Gasteiger partial charge is 0.248 e. The molecule has 140 valence electrons. The molecule has 0 unspecified atom stereocenters. The second-order valence-corrected chi connectivity index (χ2v) is 7.60. The first-order valence-electron chi connectivity index (χ1n) is 9.76. The van der Waals surface area contributed by atoms with E-state index in [0.717, 1.165) is 48.7 Å². The van der Waals surface area contributed by atoms with E-state index in [1.165, 1.54) is 16.7 Å². The summed E-state index contributed by atoms with van der Waals surface area (Å²) in [6.45, 7) is 3.04. The van der Waals surface area contributed by atoms with E-state index in [1.807, 2.05) is 12.1 Å². The van der Waals surface area contributed by atoms with Crippen molar-refractivity contribution in [3.63, 3.8) is 0 Å². The van der Waals surface area contributed by atoms with E-state index in [9.17, 15) is 4.79 Å². The number of aromatic nitrogens is 2. The number of anilines is 1. The average Bonchev–Trinajstić information content (AvgIpc) is 3.32. The van der Waals surface area contributed by atoms with E-state index in [4.69, 9.17) is 15.7 Å². The van der Waals surface area contributed by atoms with Crippen LogP contribution in [0.4, 0.5) is 5.95 Å². The van der Waals surface area contributed by atoms with Gasteiger partial charge in [0.1, 0.15) is 0 Å². The maximum Gasteiger partial charge on any atom is 0.248 e. The molecule has 2 heterocycles. The fourth-order valence-corrected chi connectivity index (χ4v) is 4.40. The zero-order valence-electron chi connectivity index (χ0n) is 15.9. The summed E-state index contributed by atoms with van der Waals surface area (Å²) in [5.41, 5.74) is 13.0. The number of nitrogens with zero attached hydrogens (tertiary/aromatic N) is 3. The molecule has 0 fully saturated rings. The Bertz CT molecular complexity index is 1070. The molecule has 1 aliphatic heterocycles. The van der Waals surface area contributed by atoms with Gasteiger partial charge < -0.3 is 10.6 Å². The summed E-state index contributed by atoms with van der Waals surface area (Å²) >= 11 is 0. The first-order chi connectivity index (χ1) is 13.6. The Hall–Kier alpha value is -3.21. The molecule has 3 aromatic rings. The maximum absolute atomic E-state index is 11.4. The molecule has 2 N–H and O–H groups in total. The fourth-order valence-electron chi connectivity index (χ4n) is 4.40. The summed E-state index contributed by atoms with van der Waals surface area (Å²) in [5, 5.41) is 0. The Morgan fingerprint density at radius 3 is 2.61 bits per heavy atom. The van der Waals surface area contributed by atoms with Crippen LogP contribution in [-0.2, 0) is 19.4 Å². The number of amides is 1. The lowest BCUT2D eigenvalue weighted by Gasteiger charge is -2.23. The highest BCUT2D eigenvalue weighted by atomic mass is 16.1. The van der Waals surface area contributed by atoms with Gasteiger partial charge in [-0.2, -0.15) is 0 Å². The summed E-state index contributed by atoms with van der Waals surface area (Å²) in [5.74, 6) is 0.377. The van der Waals surface area contributed by atoms with Crippen molar-refractivity contribution < 1.29 is 4.79 Å². The molecule has 0 saturated carbocycles. The Morgan fingerprint density at radius 1 is 1.07 bits per heavy atom. The Labute approximate surface area is 164 Å². The zero-order chi connectivity index (χ0) is 19.3. The lowest BCUT2D eigenvalue weighted by molar-refractivity contribution is 0.100. The lowest BCUT2D eigenvalue weighted by Crippen LogP contribution is -2.22. The van der Waals surface area contributed by atoms with E-state index < -0.39 is 5.91 Å². The Balaban J connectivity index is 1.58. The number of benzene rings is 2. The third-order valence-electron chi connectivity index (χ3n) is 5.93. The van der Waals surface area contributed by atoms with Gasteiger partial charge in [-0.3, -0.25) is 4.79 Å². The molecule has 0 bridgehead atoms. The molecule has 2 aliphatic rings. The summed E-state index contributed by atoms with van der Waals surface area (Å²) in [4.78, 5) is 23.6. The average molecular weight is 370 g/mol. The second kappa shape index (κ2) is 6.44. The largest absolute Gasteiger partial charge is 0.366 e. The van der Waals surface area contributed by atoms with Crippen LogP contribution in [0.1, 0.15) is 52.1 Å². The van der Waals surface area contributed by atoms with Crippen LogP contribution in [0, 0.1) is 0 Å². The molecule has 28 heavy (non-hydrogen) atoms. The topological polar surface area (TPSA) is 72.1 Å². The van der Waals surface area contributed by atoms with Crippen LogP contribution in [0.5, 0.6) is 0 Å². The van der Waals surface area contributed by atoms with Crippen molar-refractivity contribution in [2.24, 2.45) is 5.73 Å². The highest BCUT2D eigenvalue weighted by Crippen LogP contribution is 2.38. The minimum absolute atomic E-state index is 0.251. The van der Waals surface area contributed by atoms with Crippen LogP contribution in [0.15, 0.2) is 48.5 Å².